The largest absolute Gasteiger partial charge is 0.479 e. The van der Waals surface area contributed by atoms with Crippen molar-refractivity contribution in [3.63, 3.8) is 0 Å². The van der Waals surface area contributed by atoms with Crippen LogP contribution in [-0.4, -0.2) is 66.3 Å². The van der Waals surface area contributed by atoms with Crippen molar-refractivity contribution < 1.29 is 40.4 Å². The van der Waals surface area contributed by atoms with Gasteiger partial charge in [-0.25, -0.2) is 9.59 Å². The molecule has 2 unspecified atom stereocenters. The van der Waals surface area contributed by atoms with E-state index < -0.39 is 30.1 Å². The Balaban J connectivity index is 4.43. The maximum atomic E-state index is 10.7. The fraction of sp³-hybridized carbons (Fsp3) is 0.750. The van der Waals surface area contributed by atoms with E-state index in [1.165, 1.54) is 0 Å². The highest BCUT2D eigenvalue weighted by Gasteiger charge is 2.47. The van der Waals surface area contributed by atoms with Crippen molar-refractivity contribution in [3.8, 4) is 0 Å². The molecule has 0 fully saturated rings. The van der Waals surface area contributed by atoms with Crippen LogP contribution in [0.5, 0.6) is 0 Å². The fourth-order valence-electron chi connectivity index (χ4n) is 1.21. The number of rotatable bonds is 8. The second-order valence-corrected chi connectivity index (χ2v) is 3.52. The zero-order valence-electron chi connectivity index (χ0n) is 8.85. The standard InChI is InChI=1S/C8H15NO8/c10-5(6(11)12)8(15,7(13)14)3-1-2-4-9(16)17/h5,10,15-17H,1-4H2,(H,11,12)(H,13,14). The van der Waals surface area contributed by atoms with Gasteiger partial charge in [0.1, 0.15) is 0 Å². The normalized spacial score (nSPS) is 16.5. The van der Waals surface area contributed by atoms with Gasteiger partial charge in [0.2, 0.25) is 0 Å². The summed E-state index contributed by atoms with van der Waals surface area (Å²) < 4.78 is 0. The number of unbranched alkanes of at least 4 members (excludes halogenated alkanes) is 1. The van der Waals surface area contributed by atoms with Gasteiger partial charge in [-0.05, 0) is 19.3 Å². The molecule has 9 heteroatoms. The van der Waals surface area contributed by atoms with Crippen LogP contribution >= 0.6 is 0 Å². The highest BCUT2D eigenvalue weighted by molar-refractivity contribution is 5.87. The highest BCUT2D eigenvalue weighted by Crippen LogP contribution is 2.20. The molecule has 100 valence electrons. The lowest BCUT2D eigenvalue weighted by Crippen LogP contribution is -2.53. The number of nitrogens with zero attached hydrogens (tertiary/aromatic N) is 1. The smallest absolute Gasteiger partial charge is 0.339 e. The van der Waals surface area contributed by atoms with E-state index in [4.69, 9.17) is 25.7 Å². The molecule has 0 aliphatic carbocycles. The molecule has 0 heterocycles. The molecule has 17 heavy (non-hydrogen) atoms. The molecule has 0 aromatic rings. The third kappa shape index (κ3) is 4.63. The van der Waals surface area contributed by atoms with E-state index in [9.17, 15) is 14.7 Å². The molecule has 0 aliphatic heterocycles. The van der Waals surface area contributed by atoms with Crippen LogP contribution in [0.2, 0.25) is 0 Å². The average Bonchev–Trinajstić information content (AvgIpc) is 2.22. The summed E-state index contributed by atoms with van der Waals surface area (Å²) in [4.78, 5) is 21.1. The molecule has 9 nitrogen and oxygen atoms in total. The lowest BCUT2D eigenvalue weighted by Gasteiger charge is -2.26. The van der Waals surface area contributed by atoms with Crippen LogP contribution in [0, 0.1) is 0 Å². The van der Waals surface area contributed by atoms with Crippen molar-refractivity contribution in [1.29, 1.82) is 0 Å². The average molecular weight is 253 g/mol. The van der Waals surface area contributed by atoms with E-state index in [0.717, 1.165) is 0 Å². The number of hydrogen-bond donors (Lipinski definition) is 6. The predicted molar refractivity (Wildman–Crippen MR) is 50.4 cm³/mol. The second-order valence-electron chi connectivity index (χ2n) is 3.52. The lowest BCUT2D eigenvalue weighted by molar-refractivity contribution is -0.307. The molecular formula is C8H15NO8. The maximum Gasteiger partial charge on any atom is 0.339 e. The first-order valence-electron chi connectivity index (χ1n) is 4.73. The van der Waals surface area contributed by atoms with Crippen molar-refractivity contribution >= 4 is 11.9 Å². The molecule has 0 aromatic heterocycles. The minimum Gasteiger partial charge on any atom is -0.479 e. The molecule has 0 aromatic carbocycles. The fourth-order valence-corrected chi connectivity index (χ4v) is 1.21. The van der Waals surface area contributed by atoms with E-state index in [-0.39, 0.29) is 24.6 Å². The summed E-state index contributed by atoms with van der Waals surface area (Å²) >= 11 is 0. The third-order valence-electron chi connectivity index (χ3n) is 2.22. The predicted octanol–water partition coefficient (Wildman–Crippen LogP) is -1.50. The number of aliphatic carboxylic acids is 2. The molecule has 0 rings (SSSR count). The molecular weight excluding hydrogens is 238 g/mol. The first-order chi connectivity index (χ1) is 7.71. The molecule has 0 saturated carbocycles. The molecule has 2 atom stereocenters. The zero-order valence-corrected chi connectivity index (χ0v) is 8.85. The van der Waals surface area contributed by atoms with Gasteiger partial charge in [0.05, 0.1) is 6.54 Å². The van der Waals surface area contributed by atoms with E-state index in [2.05, 4.69) is 0 Å². The number of carboxylic acid groups (broad SMARTS) is 2. The number of carbonyl (C=O) groups is 2. The van der Waals surface area contributed by atoms with Gasteiger partial charge in [-0.3, -0.25) is 10.4 Å². The molecule has 0 spiro atoms. The van der Waals surface area contributed by atoms with Gasteiger partial charge in [-0.15, -0.1) is 0 Å². The van der Waals surface area contributed by atoms with Gasteiger partial charge < -0.3 is 20.4 Å². The van der Waals surface area contributed by atoms with Gasteiger partial charge in [0, 0.05) is 0 Å². The van der Waals surface area contributed by atoms with Crippen molar-refractivity contribution in [2.75, 3.05) is 6.54 Å². The van der Waals surface area contributed by atoms with Crippen LogP contribution in [0.15, 0.2) is 0 Å². The summed E-state index contributed by atoms with van der Waals surface area (Å²) in [6.45, 7) is -0.196. The van der Waals surface area contributed by atoms with Gasteiger partial charge in [0.15, 0.2) is 11.7 Å². The van der Waals surface area contributed by atoms with Gasteiger partial charge >= 0.3 is 11.9 Å². The zero-order chi connectivity index (χ0) is 13.6. The molecule has 0 saturated heterocycles. The second kappa shape index (κ2) is 6.47. The lowest BCUT2D eigenvalue weighted by atomic mass is 9.90. The van der Waals surface area contributed by atoms with Crippen LogP contribution in [0.1, 0.15) is 19.3 Å². The van der Waals surface area contributed by atoms with E-state index in [0.29, 0.717) is 0 Å². The van der Waals surface area contributed by atoms with Crippen molar-refractivity contribution in [1.82, 2.24) is 5.23 Å². The maximum absolute atomic E-state index is 10.7. The number of aliphatic hydroxyl groups is 2. The summed E-state index contributed by atoms with van der Waals surface area (Å²) in [5, 5.41) is 52.3. The molecule has 0 radical (unpaired) electrons. The topological polar surface area (TPSA) is 159 Å². The van der Waals surface area contributed by atoms with Crippen LogP contribution in [0.25, 0.3) is 0 Å². The van der Waals surface area contributed by atoms with E-state index in [1.807, 2.05) is 0 Å². The Morgan fingerprint density at radius 2 is 1.71 bits per heavy atom. The number of aliphatic hydroxyl groups excluding tert-OH is 1. The summed E-state index contributed by atoms with van der Waals surface area (Å²) in [5.74, 6) is -3.70. The number of hydroxylamine groups is 2. The Morgan fingerprint density at radius 3 is 2.06 bits per heavy atom. The Bertz CT molecular complexity index is 281. The van der Waals surface area contributed by atoms with E-state index >= 15 is 0 Å². The molecule has 0 bridgehead atoms. The monoisotopic (exact) mass is 253 g/mol. The molecule has 0 aliphatic rings. The summed E-state index contributed by atoms with van der Waals surface area (Å²) in [6, 6.07) is 0. The molecule has 0 amide bonds. The Labute approximate surface area is 96.1 Å². The van der Waals surface area contributed by atoms with Gasteiger partial charge in [-0.2, -0.15) is 0 Å². The summed E-state index contributed by atoms with van der Waals surface area (Å²) in [7, 11) is 0. The van der Waals surface area contributed by atoms with Crippen LogP contribution in [-0.2, 0) is 9.59 Å². The third-order valence-corrected chi connectivity index (χ3v) is 2.22. The van der Waals surface area contributed by atoms with Crippen LogP contribution in [0.3, 0.4) is 0 Å². The summed E-state index contributed by atoms with van der Waals surface area (Å²) in [5.41, 5.74) is -2.79. The van der Waals surface area contributed by atoms with Crippen molar-refractivity contribution in [2.24, 2.45) is 0 Å². The number of hydrogen-bond acceptors (Lipinski definition) is 7. The SMILES string of the molecule is O=C(O)C(O)C(O)(CCCCN(O)O)C(=O)O. The minimum absolute atomic E-state index is 0.00917. The Kier molecular flexibility index (Phi) is 5.99. The number of carboxylic acids is 2. The van der Waals surface area contributed by atoms with Crippen LogP contribution < -0.4 is 0 Å². The highest BCUT2D eigenvalue weighted by atomic mass is 16.8. The molecule has 6 N–H and O–H groups in total. The van der Waals surface area contributed by atoms with Crippen molar-refractivity contribution in [2.45, 2.75) is 31.0 Å². The Hall–Kier alpha value is -1.26. The summed E-state index contributed by atoms with van der Waals surface area (Å²) in [6.07, 6.45) is -2.87. The van der Waals surface area contributed by atoms with Gasteiger partial charge in [0.25, 0.3) is 0 Å². The Morgan fingerprint density at radius 1 is 1.18 bits per heavy atom. The minimum atomic E-state index is -2.79. The first kappa shape index (κ1) is 15.7. The van der Waals surface area contributed by atoms with E-state index in [1.54, 1.807) is 0 Å². The van der Waals surface area contributed by atoms with Gasteiger partial charge in [-0.1, -0.05) is 5.23 Å². The van der Waals surface area contributed by atoms with Crippen LogP contribution in [0.4, 0.5) is 0 Å². The van der Waals surface area contributed by atoms with Crippen molar-refractivity contribution in [3.05, 3.63) is 0 Å². The quantitative estimate of drug-likeness (QED) is 0.223. The first-order valence-corrected chi connectivity index (χ1v) is 4.73.